The number of ether oxygens (including phenoxy) is 2. The van der Waals surface area contributed by atoms with Crippen LogP contribution in [0, 0.1) is 29.6 Å². The fourth-order valence-electron chi connectivity index (χ4n) is 6.07. The normalized spacial score (nSPS) is 26.4. The van der Waals surface area contributed by atoms with Gasteiger partial charge in [-0.25, -0.2) is 9.59 Å². The maximum absolute atomic E-state index is 12.3. The Bertz CT molecular complexity index is 681. The molecule has 0 amide bonds. The molecule has 2 fully saturated rings. The van der Waals surface area contributed by atoms with Gasteiger partial charge in [-0.3, -0.25) is 0 Å². The molecule has 0 aromatic heterocycles. The molecule has 2 saturated carbocycles. The van der Waals surface area contributed by atoms with Gasteiger partial charge < -0.3 is 14.6 Å². The number of esters is 2. The molecule has 0 bridgehead atoms. The lowest BCUT2D eigenvalue weighted by molar-refractivity contribution is -0.146. The molecule has 0 heterocycles. The van der Waals surface area contributed by atoms with Crippen LogP contribution >= 0.6 is 0 Å². The molecule has 1 N–H and O–H groups in total. The van der Waals surface area contributed by atoms with Crippen molar-refractivity contribution in [2.75, 3.05) is 13.2 Å². The van der Waals surface area contributed by atoms with E-state index in [-0.39, 0.29) is 31.1 Å². The lowest BCUT2D eigenvalue weighted by Crippen LogP contribution is -2.33. The lowest BCUT2D eigenvalue weighted by atomic mass is 9.67. The minimum absolute atomic E-state index is 0.0307. The molecule has 5 heteroatoms. The molecule has 0 aromatic carbocycles. The molecule has 2 atom stereocenters. The Morgan fingerprint density at radius 1 is 0.886 bits per heavy atom. The zero-order valence-electron chi connectivity index (χ0n) is 22.6. The smallest absolute Gasteiger partial charge is 0.333 e. The summed E-state index contributed by atoms with van der Waals surface area (Å²) in [5, 5.41) is 9.51. The van der Waals surface area contributed by atoms with E-state index >= 15 is 0 Å². The van der Waals surface area contributed by atoms with Gasteiger partial charge in [-0.1, -0.05) is 58.6 Å². The summed E-state index contributed by atoms with van der Waals surface area (Å²) in [5.74, 6) is 2.06. The van der Waals surface area contributed by atoms with Gasteiger partial charge in [0.15, 0.2) is 0 Å². The van der Waals surface area contributed by atoms with E-state index in [1.807, 2.05) is 0 Å². The Morgan fingerprint density at radius 3 is 1.94 bits per heavy atom. The first-order valence-electron chi connectivity index (χ1n) is 14.1. The number of unbranched alkanes of at least 4 members (excludes halogenated alkanes) is 2. The Hall–Kier alpha value is -1.62. The zero-order chi connectivity index (χ0) is 25.8. The summed E-state index contributed by atoms with van der Waals surface area (Å²) < 4.78 is 11.0. The van der Waals surface area contributed by atoms with Gasteiger partial charge in [-0.05, 0) is 76.0 Å². The molecular weight excluding hydrogens is 440 g/mol. The van der Waals surface area contributed by atoms with Gasteiger partial charge in [0.05, 0.1) is 19.3 Å². The first kappa shape index (κ1) is 29.6. The Kier molecular flexibility index (Phi) is 13.1. The largest absolute Gasteiger partial charge is 0.462 e. The lowest BCUT2D eigenvalue weighted by Gasteiger charge is -2.39. The SMILES string of the molecule is C=C(C)C(=O)OCC(COC(=O)C(=C)CC(C)O)C1CCC(C2CCC(CCCCC)CC2)CC1. The molecule has 0 radical (unpaired) electrons. The molecule has 200 valence electrons. The van der Waals surface area contributed by atoms with Crippen molar-refractivity contribution in [1.29, 1.82) is 0 Å². The van der Waals surface area contributed by atoms with Crippen LogP contribution < -0.4 is 0 Å². The van der Waals surface area contributed by atoms with Crippen molar-refractivity contribution in [3.63, 3.8) is 0 Å². The number of aliphatic hydroxyl groups is 1. The maximum Gasteiger partial charge on any atom is 0.333 e. The van der Waals surface area contributed by atoms with Crippen molar-refractivity contribution in [2.24, 2.45) is 29.6 Å². The standard InChI is InChI=1S/C30H50O5/c1-6-7-8-9-24-10-12-25(13-11-24)26-14-16-27(17-15-26)28(19-34-29(32)21(2)3)20-35-30(33)22(4)18-23(5)31/h23-28,31H,2,4,6-20H2,1,3,5H3. The van der Waals surface area contributed by atoms with Crippen molar-refractivity contribution in [2.45, 2.75) is 110 Å². The molecular formula is C30H50O5. The fraction of sp³-hybridized carbons (Fsp3) is 0.800. The summed E-state index contributed by atoms with van der Waals surface area (Å²) in [7, 11) is 0. The third kappa shape index (κ3) is 10.5. The zero-order valence-corrected chi connectivity index (χ0v) is 22.6. The van der Waals surface area contributed by atoms with Crippen molar-refractivity contribution >= 4 is 11.9 Å². The van der Waals surface area contributed by atoms with Gasteiger partial charge in [-0.2, -0.15) is 0 Å². The van der Waals surface area contributed by atoms with Crippen molar-refractivity contribution < 1.29 is 24.2 Å². The van der Waals surface area contributed by atoms with Crippen LogP contribution in [-0.4, -0.2) is 36.4 Å². The van der Waals surface area contributed by atoms with E-state index in [0.717, 1.165) is 30.6 Å². The van der Waals surface area contributed by atoms with E-state index in [0.29, 0.717) is 11.5 Å². The third-order valence-corrected chi connectivity index (χ3v) is 8.29. The highest BCUT2D eigenvalue weighted by Crippen LogP contribution is 2.43. The maximum atomic E-state index is 12.3. The van der Waals surface area contributed by atoms with Crippen LogP contribution in [0.3, 0.4) is 0 Å². The molecule has 0 aliphatic heterocycles. The number of hydrogen-bond donors (Lipinski definition) is 1. The van der Waals surface area contributed by atoms with Crippen LogP contribution in [-0.2, 0) is 19.1 Å². The van der Waals surface area contributed by atoms with E-state index in [1.54, 1.807) is 13.8 Å². The van der Waals surface area contributed by atoms with Crippen LogP contribution in [0.1, 0.15) is 104 Å². The first-order valence-corrected chi connectivity index (χ1v) is 14.1. The van der Waals surface area contributed by atoms with E-state index < -0.39 is 18.0 Å². The van der Waals surface area contributed by atoms with Gasteiger partial charge in [-0.15, -0.1) is 0 Å². The second kappa shape index (κ2) is 15.5. The average molecular weight is 491 g/mol. The fourth-order valence-corrected chi connectivity index (χ4v) is 6.07. The van der Waals surface area contributed by atoms with Gasteiger partial charge in [0.25, 0.3) is 0 Å². The average Bonchev–Trinajstić information content (AvgIpc) is 2.84. The van der Waals surface area contributed by atoms with E-state index in [4.69, 9.17) is 9.47 Å². The highest BCUT2D eigenvalue weighted by atomic mass is 16.5. The molecule has 2 rings (SSSR count). The molecule has 0 spiro atoms. The Morgan fingerprint density at radius 2 is 1.43 bits per heavy atom. The van der Waals surface area contributed by atoms with Gasteiger partial charge in [0.2, 0.25) is 0 Å². The number of carbonyl (C=O) groups is 2. The molecule has 5 nitrogen and oxygen atoms in total. The summed E-state index contributed by atoms with van der Waals surface area (Å²) in [4.78, 5) is 24.3. The first-order chi connectivity index (χ1) is 16.7. The van der Waals surface area contributed by atoms with Gasteiger partial charge in [0, 0.05) is 23.5 Å². The Labute approximate surface area is 213 Å². The Balaban J connectivity index is 1.84. The summed E-state index contributed by atoms with van der Waals surface area (Å²) in [6.45, 7) is 13.4. The quantitative estimate of drug-likeness (QED) is 0.165. The van der Waals surface area contributed by atoms with Crippen molar-refractivity contribution in [1.82, 2.24) is 0 Å². The molecule has 0 aromatic rings. The minimum Gasteiger partial charge on any atom is -0.462 e. The summed E-state index contributed by atoms with van der Waals surface area (Å²) in [6.07, 6.45) is 15.2. The minimum atomic E-state index is -0.635. The van der Waals surface area contributed by atoms with Crippen LogP contribution in [0.2, 0.25) is 0 Å². The van der Waals surface area contributed by atoms with E-state index in [2.05, 4.69) is 20.1 Å². The van der Waals surface area contributed by atoms with E-state index in [1.165, 1.54) is 64.2 Å². The summed E-state index contributed by atoms with van der Waals surface area (Å²) >= 11 is 0. The highest BCUT2D eigenvalue weighted by Gasteiger charge is 2.34. The predicted molar refractivity (Wildman–Crippen MR) is 141 cm³/mol. The van der Waals surface area contributed by atoms with E-state index in [9.17, 15) is 14.7 Å². The molecule has 35 heavy (non-hydrogen) atoms. The van der Waals surface area contributed by atoms with Crippen molar-refractivity contribution in [3.8, 4) is 0 Å². The summed E-state index contributed by atoms with van der Waals surface area (Å²) in [5.41, 5.74) is 0.645. The second-order valence-electron chi connectivity index (χ2n) is 11.3. The van der Waals surface area contributed by atoms with Crippen LogP contribution in [0.15, 0.2) is 24.3 Å². The number of rotatable bonds is 14. The highest BCUT2D eigenvalue weighted by molar-refractivity contribution is 5.88. The number of carbonyl (C=O) groups excluding carboxylic acids is 2. The second-order valence-corrected chi connectivity index (χ2v) is 11.3. The third-order valence-electron chi connectivity index (χ3n) is 8.29. The summed E-state index contributed by atoms with van der Waals surface area (Å²) in [6, 6.07) is 0. The topological polar surface area (TPSA) is 72.8 Å². The van der Waals surface area contributed by atoms with Crippen LogP contribution in [0.4, 0.5) is 0 Å². The predicted octanol–water partition coefficient (Wildman–Crippen LogP) is 6.79. The van der Waals surface area contributed by atoms with Crippen LogP contribution in [0.25, 0.3) is 0 Å². The molecule has 0 saturated heterocycles. The molecule has 2 unspecified atom stereocenters. The monoisotopic (exact) mass is 490 g/mol. The molecule has 2 aliphatic rings. The van der Waals surface area contributed by atoms with Crippen molar-refractivity contribution in [3.05, 3.63) is 24.3 Å². The van der Waals surface area contributed by atoms with Gasteiger partial charge >= 0.3 is 11.9 Å². The van der Waals surface area contributed by atoms with Crippen LogP contribution in [0.5, 0.6) is 0 Å². The number of hydrogen-bond acceptors (Lipinski definition) is 5. The number of aliphatic hydroxyl groups excluding tert-OH is 1. The van der Waals surface area contributed by atoms with Gasteiger partial charge in [0.1, 0.15) is 0 Å². The molecule has 2 aliphatic carbocycles.